The third kappa shape index (κ3) is 3.73. The van der Waals surface area contributed by atoms with Crippen molar-refractivity contribution < 1.29 is 23.1 Å². The Labute approximate surface area is 183 Å². The molecular formula is C25H20F2N2O3. The van der Waals surface area contributed by atoms with Crippen LogP contribution in [0.25, 0.3) is 5.57 Å². The van der Waals surface area contributed by atoms with Crippen molar-refractivity contribution in [3.8, 4) is 5.75 Å². The average Bonchev–Trinajstić information content (AvgIpc) is 3.02. The van der Waals surface area contributed by atoms with E-state index in [9.17, 15) is 18.4 Å². The molecule has 0 aromatic heterocycles. The summed E-state index contributed by atoms with van der Waals surface area (Å²) in [4.78, 5) is 28.0. The lowest BCUT2D eigenvalue weighted by molar-refractivity contribution is -0.120. The smallest absolute Gasteiger partial charge is 0.282 e. The number of anilines is 2. The predicted molar refractivity (Wildman–Crippen MR) is 118 cm³/mol. The van der Waals surface area contributed by atoms with Crippen LogP contribution in [0.4, 0.5) is 20.2 Å². The molecule has 162 valence electrons. The van der Waals surface area contributed by atoms with Gasteiger partial charge in [-0.3, -0.25) is 9.59 Å². The van der Waals surface area contributed by atoms with Crippen molar-refractivity contribution in [2.45, 2.75) is 13.8 Å². The van der Waals surface area contributed by atoms with Crippen molar-refractivity contribution >= 4 is 28.8 Å². The van der Waals surface area contributed by atoms with Crippen molar-refractivity contribution in [3.05, 3.63) is 94.7 Å². The minimum atomic E-state index is -1.07. The molecule has 2 amide bonds. The molecule has 3 aromatic rings. The molecule has 1 N–H and O–H groups in total. The average molecular weight is 434 g/mol. The van der Waals surface area contributed by atoms with E-state index in [0.29, 0.717) is 17.0 Å². The molecule has 0 bridgehead atoms. The predicted octanol–water partition coefficient (Wildman–Crippen LogP) is 4.99. The Hall–Kier alpha value is -4.00. The zero-order chi connectivity index (χ0) is 23.0. The van der Waals surface area contributed by atoms with Crippen LogP contribution in [0.15, 0.2) is 66.4 Å². The van der Waals surface area contributed by atoms with Crippen LogP contribution in [-0.4, -0.2) is 18.9 Å². The number of halogens is 2. The summed E-state index contributed by atoms with van der Waals surface area (Å²) in [5, 5.41) is 2.83. The lowest BCUT2D eigenvalue weighted by Gasteiger charge is -2.18. The maximum Gasteiger partial charge on any atom is 0.282 e. The molecule has 1 heterocycles. The lowest BCUT2D eigenvalue weighted by atomic mass is 10.0. The highest BCUT2D eigenvalue weighted by Crippen LogP contribution is 2.36. The SMILES string of the molecule is COc1ccc(C2=C(Nc3ccc(F)c(F)c3)C(=O)N(c3cc(C)ccc3C)C2=O)cc1. The molecule has 0 saturated carbocycles. The zero-order valence-corrected chi connectivity index (χ0v) is 17.7. The Kier molecular flexibility index (Phi) is 5.48. The van der Waals surface area contributed by atoms with Gasteiger partial charge in [-0.2, -0.15) is 0 Å². The van der Waals surface area contributed by atoms with Crippen LogP contribution < -0.4 is 15.0 Å². The summed E-state index contributed by atoms with van der Waals surface area (Å²) in [6, 6.07) is 15.4. The standard InChI is InChI=1S/C25H20F2N2O3/c1-14-4-5-15(2)21(12-14)29-24(30)22(16-6-9-18(32-3)10-7-16)23(25(29)31)28-17-8-11-19(26)20(27)13-17/h4-13,28H,1-3H3. The minimum Gasteiger partial charge on any atom is -0.497 e. The molecule has 3 aromatic carbocycles. The highest BCUT2D eigenvalue weighted by molar-refractivity contribution is 6.46. The van der Waals surface area contributed by atoms with Crippen molar-refractivity contribution in [3.63, 3.8) is 0 Å². The van der Waals surface area contributed by atoms with E-state index >= 15 is 0 Å². The molecule has 0 saturated heterocycles. The third-order valence-corrected chi connectivity index (χ3v) is 5.26. The van der Waals surface area contributed by atoms with Crippen molar-refractivity contribution in [2.24, 2.45) is 0 Å². The number of methoxy groups -OCH3 is 1. The molecule has 5 nitrogen and oxygen atoms in total. The summed E-state index contributed by atoms with van der Waals surface area (Å²) in [5.41, 5.74) is 2.85. The van der Waals surface area contributed by atoms with Crippen molar-refractivity contribution in [1.29, 1.82) is 0 Å². The highest BCUT2D eigenvalue weighted by atomic mass is 19.2. The number of carbonyl (C=O) groups is 2. The number of hydrogen-bond acceptors (Lipinski definition) is 4. The Bertz CT molecular complexity index is 1270. The summed E-state index contributed by atoms with van der Waals surface area (Å²) in [5.74, 6) is -2.58. The summed E-state index contributed by atoms with van der Waals surface area (Å²) >= 11 is 0. The van der Waals surface area contributed by atoms with Gasteiger partial charge in [0.2, 0.25) is 0 Å². The Morgan fingerprint density at radius 3 is 2.22 bits per heavy atom. The lowest BCUT2D eigenvalue weighted by Crippen LogP contribution is -2.33. The molecule has 0 aliphatic carbocycles. The molecule has 0 spiro atoms. The summed E-state index contributed by atoms with van der Waals surface area (Å²) in [6.45, 7) is 3.68. The van der Waals surface area contributed by atoms with Crippen LogP contribution in [0.2, 0.25) is 0 Å². The van der Waals surface area contributed by atoms with E-state index in [1.807, 2.05) is 26.0 Å². The summed E-state index contributed by atoms with van der Waals surface area (Å²) < 4.78 is 32.3. The normalized spacial score (nSPS) is 13.7. The molecule has 7 heteroatoms. The molecule has 4 rings (SSSR count). The van der Waals surface area contributed by atoms with Gasteiger partial charge in [-0.25, -0.2) is 13.7 Å². The Morgan fingerprint density at radius 2 is 1.56 bits per heavy atom. The summed E-state index contributed by atoms with van der Waals surface area (Å²) in [7, 11) is 1.52. The van der Waals surface area contributed by atoms with Gasteiger partial charge in [0, 0.05) is 11.8 Å². The van der Waals surface area contributed by atoms with E-state index in [0.717, 1.165) is 28.2 Å². The van der Waals surface area contributed by atoms with Gasteiger partial charge in [-0.15, -0.1) is 0 Å². The van der Waals surface area contributed by atoms with Gasteiger partial charge in [0.05, 0.1) is 18.4 Å². The van der Waals surface area contributed by atoms with Crippen LogP contribution in [0.3, 0.4) is 0 Å². The molecule has 0 radical (unpaired) electrons. The van der Waals surface area contributed by atoms with Gasteiger partial charge in [-0.1, -0.05) is 24.3 Å². The maximum absolute atomic E-state index is 13.8. The van der Waals surface area contributed by atoms with Gasteiger partial charge < -0.3 is 10.1 Å². The number of ether oxygens (including phenoxy) is 1. The molecule has 1 aliphatic rings. The van der Waals surface area contributed by atoms with Gasteiger partial charge in [0.25, 0.3) is 11.8 Å². The fourth-order valence-electron chi connectivity index (χ4n) is 3.57. The van der Waals surface area contributed by atoms with E-state index in [1.54, 1.807) is 30.3 Å². The number of carbonyl (C=O) groups excluding carboxylic acids is 2. The third-order valence-electron chi connectivity index (χ3n) is 5.26. The molecule has 1 aliphatic heterocycles. The fraction of sp³-hybridized carbons (Fsp3) is 0.120. The Morgan fingerprint density at radius 1 is 0.844 bits per heavy atom. The van der Waals surface area contributed by atoms with Gasteiger partial charge >= 0.3 is 0 Å². The fourth-order valence-corrected chi connectivity index (χ4v) is 3.57. The van der Waals surface area contributed by atoms with Crippen LogP contribution in [0.5, 0.6) is 5.75 Å². The first-order chi connectivity index (χ1) is 15.3. The van der Waals surface area contributed by atoms with Crippen LogP contribution in [0, 0.1) is 25.5 Å². The van der Waals surface area contributed by atoms with Crippen LogP contribution >= 0.6 is 0 Å². The largest absolute Gasteiger partial charge is 0.497 e. The Balaban J connectivity index is 1.84. The second kappa shape index (κ2) is 8.26. The second-order valence-electron chi connectivity index (χ2n) is 7.47. The minimum absolute atomic E-state index is 0.0212. The van der Waals surface area contributed by atoms with E-state index in [2.05, 4.69) is 5.32 Å². The molecule has 0 fully saturated rings. The first kappa shape index (κ1) is 21.2. The van der Waals surface area contributed by atoms with Crippen LogP contribution in [-0.2, 0) is 9.59 Å². The quantitative estimate of drug-likeness (QED) is 0.575. The number of imide groups is 1. The van der Waals surface area contributed by atoms with Gasteiger partial charge in [-0.05, 0) is 60.9 Å². The summed E-state index contributed by atoms with van der Waals surface area (Å²) in [6.07, 6.45) is 0. The number of nitrogens with one attached hydrogen (secondary N) is 1. The number of hydrogen-bond donors (Lipinski definition) is 1. The van der Waals surface area contributed by atoms with E-state index in [4.69, 9.17) is 4.74 Å². The highest BCUT2D eigenvalue weighted by Gasteiger charge is 2.41. The maximum atomic E-state index is 13.8. The second-order valence-corrected chi connectivity index (χ2v) is 7.47. The van der Waals surface area contributed by atoms with Crippen molar-refractivity contribution in [2.75, 3.05) is 17.3 Å². The number of rotatable bonds is 5. The van der Waals surface area contributed by atoms with Gasteiger partial charge in [0.1, 0.15) is 11.4 Å². The van der Waals surface area contributed by atoms with Crippen LogP contribution in [0.1, 0.15) is 16.7 Å². The number of aryl methyl sites for hydroxylation is 2. The topological polar surface area (TPSA) is 58.6 Å². The monoisotopic (exact) mass is 434 g/mol. The van der Waals surface area contributed by atoms with E-state index in [1.165, 1.54) is 13.2 Å². The molecule has 0 unspecified atom stereocenters. The van der Waals surface area contributed by atoms with E-state index in [-0.39, 0.29) is 17.0 Å². The molecule has 32 heavy (non-hydrogen) atoms. The zero-order valence-electron chi connectivity index (χ0n) is 17.7. The number of amides is 2. The number of nitrogens with zero attached hydrogens (tertiary/aromatic N) is 1. The van der Waals surface area contributed by atoms with E-state index < -0.39 is 23.4 Å². The molecular weight excluding hydrogens is 414 g/mol. The number of benzene rings is 3. The first-order valence-electron chi connectivity index (χ1n) is 9.87. The van der Waals surface area contributed by atoms with Gasteiger partial charge in [0.15, 0.2) is 11.6 Å². The van der Waals surface area contributed by atoms with Crippen molar-refractivity contribution in [1.82, 2.24) is 0 Å². The molecule has 0 atom stereocenters. The first-order valence-corrected chi connectivity index (χ1v) is 9.87.